The number of nitrogens with zero attached hydrogens (tertiary/aromatic N) is 1. The highest BCUT2D eigenvalue weighted by atomic mass is 16.1. The molecule has 1 saturated heterocycles. The Kier molecular flexibility index (Phi) is 4.27. The molecular formula is C21H31N3O. The molecule has 0 aromatic heterocycles. The predicted molar refractivity (Wildman–Crippen MR) is 102 cm³/mol. The van der Waals surface area contributed by atoms with Crippen LogP contribution in [0.15, 0.2) is 18.2 Å². The summed E-state index contributed by atoms with van der Waals surface area (Å²) in [5, 5.41) is 6.76. The van der Waals surface area contributed by atoms with Crippen LogP contribution in [0.2, 0.25) is 0 Å². The zero-order valence-electron chi connectivity index (χ0n) is 15.7. The number of amides is 1. The molecule has 1 amide bonds. The minimum Gasteiger partial charge on any atom is -0.380 e. The zero-order chi connectivity index (χ0) is 17.5. The maximum absolute atomic E-state index is 12.6. The molecule has 0 atom stereocenters. The first kappa shape index (κ1) is 16.9. The molecule has 1 aromatic carbocycles. The lowest BCUT2D eigenvalue weighted by atomic mass is 9.78. The molecule has 136 valence electrons. The first-order valence-corrected chi connectivity index (χ1v) is 9.91. The van der Waals surface area contributed by atoms with Gasteiger partial charge in [0, 0.05) is 29.9 Å². The number of piperidine rings is 1. The molecule has 4 heteroatoms. The van der Waals surface area contributed by atoms with Gasteiger partial charge in [-0.2, -0.15) is 0 Å². The second-order valence-electron chi connectivity index (χ2n) is 8.88. The highest BCUT2D eigenvalue weighted by Crippen LogP contribution is 2.58. The summed E-state index contributed by atoms with van der Waals surface area (Å²) >= 11 is 0. The molecule has 0 radical (unpaired) electrons. The van der Waals surface area contributed by atoms with E-state index in [1.807, 2.05) is 6.07 Å². The van der Waals surface area contributed by atoms with Crippen molar-refractivity contribution in [2.75, 3.05) is 31.5 Å². The number of nitrogens with one attached hydrogen (secondary N) is 2. The Morgan fingerprint density at radius 3 is 2.68 bits per heavy atom. The van der Waals surface area contributed by atoms with Crippen LogP contribution in [0.1, 0.15) is 68.3 Å². The molecule has 2 aliphatic heterocycles. The topological polar surface area (TPSA) is 44.4 Å². The van der Waals surface area contributed by atoms with Gasteiger partial charge >= 0.3 is 0 Å². The van der Waals surface area contributed by atoms with Crippen LogP contribution in [-0.2, 0) is 5.41 Å². The number of hydrogen-bond donors (Lipinski definition) is 2. The van der Waals surface area contributed by atoms with Gasteiger partial charge in [0.1, 0.15) is 0 Å². The largest absolute Gasteiger partial charge is 0.380 e. The average molecular weight is 341 g/mol. The van der Waals surface area contributed by atoms with Crippen molar-refractivity contribution in [3.05, 3.63) is 29.3 Å². The molecule has 1 spiro atoms. The molecule has 2 fully saturated rings. The Morgan fingerprint density at radius 2 is 1.96 bits per heavy atom. The second-order valence-corrected chi connectivity index (χ2v) is 8.88. The van der Waals surface area contributed by atoms with Gasteiger partial charge in [-0.15, -0.1) is 0 Å². The van der Waals surface area contributed by atoms with Crippen LogP contribution in [0.25, 0.3) is 0 Å². The van der Waals surface area contributed by atoms with E-state index in [1.54, 1.807) is 0 Å². The highest BCUT2D eigenvalue weighted by molar-refractivity contribution is 5.95. The van der Waals surface area contributed by atoms with Crippen molar-refractivity contribution in [3.63, 3.8) is 0 Å². The summed E-state index contributed by atoms with van der Waals surface area (Å²) in [6.07, 6.45) is 7.61. The van der Waals surface area contributed by atoms with Gasteiger partial charge < -0.3 is 15.5 Å². The Labute approximate surface area is 151 Å². The first-order chi connectivity index (χ1) is 12.0. The number of hydrogen-bond acceptors (Lipinski definition) is 3. The summed E-state index contributed by atoms with van der Waals surface area (Å²) in [4.78, 5) is 15.0. The standard InChI is InChI=1S/C21H31N3O/c1-20(2)15-21(8-9-21)17-14-16(6-7-18(17)23-20)19(25)22-10-13-24-11-4-3-5-12-24/h6-7,14,23H,3-5,8-13,15H2,1-2H3,(H,22,25). The lowest BCUT2D eigenvalue weighted by molar-refractivity contribution is 0.0946. The van der Waals surface area contributed by atoms with E-state index in [0.29, 0.717) is 5.41 Å². The Morgan fingerprint density at radius 1 is 1.20 bits per heavy atom. The minimum absolute atomic E-state index is 0.0699. The summed E-state index contributed by atoms with van der Waals surface area (Å²) in [5.41, 5.74) is 3.84. The van der Waals surface area contributed by atoms with E-state index in [9.17, 15) is 4.79 Å². The summed E-state index contributed by atoms with van der Waals surface area (Å²) < 4.78 is 0. The van der Waals surface area contributed by atoms with Crippen LogP contribution in [0, 0.1) is 0 Å². The number of rotatable bonds is 4. The van der Waals surface area contributed by atoms with Gasteiger partial charge in [0.05, 0.1) is 0 Å². The molecule has 4 nitrogen and oxygen atoms in total. The zero-order valence-corrected chi connectivity index (χ0v) is 15.7. The predicted octanol–water partition coefficient (Wildman–Crippen LogP) is 3.53. The van der Waals surface area contributed by atoms with Crippen LogP contribution in [-0.4, -0.2) is 42.5 Å². The quantitative estimate of drug-likeness (QED) is 0.880. The normalized spacial score (nSPS) is 23.6. The maximum Gasteiger partial charge on any atom is 0.251 e. The van der Waals surface area contributed by atoms with E-state index in [0.717, 1.165) is 25.1 Å². The van der Waals surface area contributed by atoms with Crippen LogP contribution in [0.5, 0.6) is 0 Å². The molecule has 1 aliphatic carbocycles. The molecule has 0 bridgehead atoms. The fraction of sp³-hybridized carbons (Fsp3) is 0.667. The fourth-order valence-corrected chi connectivity index (χ4v) is 4.79. The third kappa shape index (κ3) is 3.55. The number of carbonyl (C=O) groups excluding carboxylic acids is 1. The summed E-state index contributed by atoms with van der Waals surface area (Å²) in [7, 11) is 0. The number of anilines is 1. The molecule has 2 heterocycles. The Balaban J connectivity index is 1.41. The number of carbonyl (C=O) groups is 1. The second kappa shape index (κ2) is 6.31. The number of fused-ring (bicyclic) bond motifs is 2. The average Bonchev–Trinajstić information content (AvgIpc) is 3.34. The lowest BCUT2D eigenvalue weighted by Gasteiger charge is -2.39. The van der Waals surface area contributed by atoms with Gasteiger partial charge in [0.15, 0.2) is 0 Å². The molecule has 25 heavy (non-hydrogen) atoms. The van der Waals surface area contributed by atoms with Crippen molar-refractivity contribution in [1.82, 2.24) is 10.2 Å². The van der Waals surface area contributed by atoms with Gasteiger partial charge in [-0.25, -0.2) is 0 Å². The molecule has 4 rings (SSSR count). The van der Waals surface area contributed by atoms with Crippen LogP contribution >= 0.6 is 0 Å². The smallest absolute Gasteiger partial charge is 0.251 e. The maximum atomic E-state index is 12.6. The number of benzene rings is 1. The van der Waals surface area contributed by atoms with Crippen molar-refractivity contribution in [3.8, 4) is 0 Å². The monoisotopic (exact) mass is 341 g/mol. The van der Waals surface area contributed by atoms with E-state index in [4.69, 9.17) is 0 Å². The Bertz CT molecular complexity index is 657. The van der Waals surface area contributed by atoms with Crippen molar-refractivity contribution < 1.29 is 4.79 Å². The molecule has 2 N–H and O–H groups in total. The summed E-state index contributed by atoms with van der Waals surface area (Å²) in [6, 6.07) is 6.22. The van der Waals surface area contributed by atoms with Crippen molar-refractivity contribution in [2.45, 2.75) is 63.3 Å². The molecule has 3 aliphatic rings. The minimum atomic E-state index is 0.0699. The fourth-order valence-electron chi connectivity index (χ4n) is 4.79. The highest BCUT2D eigenvalue weighted by Gasteiger charge is 2.51. The van der Waals surface area contributed by atoms with Gasteiger partial charge in [-0.3, -0.25) is 4.79 Å². The van der Waals surface area contributed by atoms with Gasteiger partial charge in [-0.05, 0) is 88.2 Å². The number of likely N-dealkylation sites (tertiary alicyclic amines) is 1. The third-order valence-corrected chi connectivity index (χ3v) is 6.12. The van der Waals surface area contributed by atoms with E-state index in [2.05, 4.69) is 41.5 Å². The lowest BCUT2D eigenvalue weighted by Crippen LogP contribution is -2.40. The van der Waals surface area contributed by atoms with Gasteiger partial charge in [-0.1, -0.05) is 6.42 Å². The van der Waals surface area contributed by atoms with E-state index in [1.165, 1.54) is 56.4 Å². The van der Waals surface area contributed by atoms with Crippen LogP contribution < -0.4 is 10.6 Å². The first-order valence-electron chi connectivity index (χ1n) is 9.91. The molecule has 1 saturated carbocycles. The van der Waals surface area contributed by atoms with Crippen LogP contribution in [0.4, 0.5) is 5.69 Å². The molecular weight excluding hydrogens is 310 g/mol. The van der Waals surface area contributed by atoms with Crippen molar-refractivity contribution >= 4 is 11.6 Å². The SMILES string of the molecule is CC1(C)CC2(CC2)c2cc(C(=O)NCCN3CCCCC3)ccc2N1. The van der Waals surface area contributed by atoms with E-state index < -0.39 is 0 Å². The third-order valence-electron chi connectivity index (χ3n) is 6.12. The summed E-state index contributed by atoms with van der Waals surface area (Å²) in [5.74, 6) is 0.0699. The summed E-state index contributed by atoms with van der Waals surface area (Å²) in [6.45, 7) is 8.62. The van der Waals surface area contributed by atoms with Crippen LogP contribution in [0.3, 0.4) is 0 Å². The molecule has 0 unspecified atom stereocenters. The van der Waals surface area contributed by atoms with E-state index >= 15 is 0 Å². The van der Waals surface area contributed by atoms with E-state index in [-0.39, 0.29) is 11.4 Å². The van der Waals surface area contributed by atoms with Crippen molar-refractivity contribution in [1.29, 1.82) is 0 Å². The Hall–Kier alpha value is -1.55. The van der Waals surface area contributed by atoms with Gasteiger partial charge in [0.25, 0.3) is 5.91 Å². The van der Waals surface area contributed by atoms with Crippen molar-refractivity contribution in [2.24, 2.45) is 0 Å². The van der Waals surface area contributed by atoms with Gasteiger partial charge in [0.2, 0.25) is 0 Å². The molecule has 1 aromatic rings.